The molecular formula is C56H35N5. The normalized spacial score (nSPS) is 11.6. The van der Waals surface area contributed by atoms with Gasteiger partial charge < -0.3 is 0 Å². The van der Waals surface area contributed by atoms with E-state index in [4.69, 9.17) is 19.9 Å². The van der Waals surface area contributed by atoms with Crippen LogP contribution in [0.3, 0.4) is 0 Å². The zero-order valence-corrected chi connectivity index (χ0v) is 32.9. The van der Waals surface area contributed by atoms with Crippen LogP contribution >= 0.6 is 0 Å². The summed E-state index contributed by atoms with van der Waals surface area (Å²) in [7, 11) is 0. The van der Waals surface area contributed by atoms with Crippen LogP contribution in [0.1, 0.15) is 0 Å². The van der Waals surface area contributed by atoms with Crippen LogP contribution in [0, 0.1) is 0 Å². The fourth-order valence-corrected chi connectivity index (χ4v) is 8.83. The number of pyridine rings is 1. The largest absolute Gasteiger partial charge is 0.292 e. The first-order valence-corrected chi connectivity index (χ1v) is 20.6. The molecular weight excluding hydrogens is 743 g/mol. The minimum absolute atomic E-state index is 0.695. The van der Waals surface area contributed by atoms with Gasteiger partial charge in [0.15, 0.2) is 5.82 Å². The van der Waals surface area contributed by atoms with Gasteiger partial charge in [0.2, 0.25) is 0 Å². The Balaban J connectivity index is 0.985. The van der Waals surface area contributed by atoms with Crippen molar-refractivity contribution in [3.63, 3.8) is 0 Å². The van der Waals surface area contributed by atoms with Crippen LogP contribution in [-0.4, -0.2) is 24.5 Å². The summed E-state index contributed by atoms with van der Waals surface area (Å²) >= 11 is 0. The van der Waals surface area contributed by atoms with Gasteiger partial charge in [0.25, 0.3) is 0 Å². The van der Waals surface area contributed by atoms with Crippen LogP contribution in [0.2, 0.25) is 0 Å². The quantitative estimate of drug-likeness (QED) is 0.158. The van der Waals surface area contributed by atoms with Crippen LogP contribution in [0.15, 0.2) is 212 Å². The lowest BCUT2D eigenvalue weighted by molar-refractivity contribution is 1.10. The molecule has 0 N–H and O–H groups in total. The number of benzene rings is 9. The summed E-state index contributed by atoms with van der Waals surface area (Å²) in [4.78, 5) is 21.1. The number of nitrogens with zero attached hydrogens (tertiary/aromatic N) is 5. The first-order chi connectivity index (χ1) is 30.2. The van der Waals surface area contributed by atoms with Gasteiger partial charge in [-0.15, -0.1) is 0 Å². The number of aromatic nitrogens is 5. The maximum atomic E-state index is 5.45. The van der Waals surface area contributed by atoms with Gasteiger partial charge in [0, 0.05) is 44.1 Å². The van der Waals surface area contributed by atoms with Crippen molar-refractivity contribution in [2.75, 3.05) is 0 Å². The molecule has 9 aromatic carbocycles. The summed E-state index contributed by atoms with van der Waals surface area (Å²) in [5, 5.41) is 6.69. The lowest BCUT2D eigenvalue weighted by atomic mass is 9.96. The van der Waals surface area contributed by atoms with Gasteiger partial charge in [-0.25, -0.2) is 19.9 Å². The Labute approximate surface area is 351 Å². The van der Waals surface area contributed by atoms with E-state index in [1.807, 2.05) is 12.1 Å². The topological polar surface area (TPSA) is 56.5 Å². The molecule has 0 aliphatic heterocycles. The van der Waals surface area contributed by atoms with Crippen LogP contribution < -0.4 is 0 Å². The van der Waals surface area contributed by atoms with Gasteiger partial charge in [0.05, 0.1) is 33.5 Å². The molecule has 0 radical (unpaired) electrons. The number of imidazole rings is 1. The lowest BCUT2D eigenvalue weighted by Gasteiger charge is -2.13. The van der Waals surface area contributed by atoms with Crippen molar-refractivity contribution in [3.8, 4) is 62.1 Å². The lowest BCUT2D eigenvalue weighted by Crippen LogP contribution is -1.97. The highest BCUT2D eigenvalue weighted by molar-refractivity contribution is 6.20. The molecule has 284 valence electrons. The van der Waals surface area contributed by atoms with Crippen LogP contribution in [0.4, 0.5) is 0 Å². The van der Waals surface area contributed by atoms with E-state index in [9.17, 15) is 0 Å². The monoisotopic (exact) mass is 777 g/mol. The molecule has 3 aromatic heterocycles. The number of hydrogen-bond acceptors (Lipinski definition) is 4. The SMILES string of the molecule is c1ccc(-c2nc3c4c(-c5ccc(-c6cccc(-c7nc(-c8ccc9ccccc9c8)c8ccccc8n7)c6)cc5)nc5ccccc5c4ccc3n2-c2ccccc2)cc1. The van der Waals surface area contributed by atoms with Gasteiger partial charge in [0.1, 0.15) is 5.82 Å². The van der Waals surface area contributed by atoms with E-state index < -0.39 is 0 Å². The molecule has 0 aliphatic carbocycles. The van der Waals surface area contributed by atoms with Crippen molar-refractivity contribution < 1.29 is 0 Å². The molecule has 61 heavy (non-hydrogen) atoms. The van der Waals surface area contributed by atoms with Crippen molar-refractivity contribution in [2.24, 2.45) is 0 Å². The average molecular weight is 778 g/mol. The highest BCUT2D eigenvalue weighted by Crippen LogP contribution is 2.40. The van der Waals surface area contributed by atoms with Crippen LogP contribution in [0.5, 0.6) is 0 Å². The Morgan fingerprint density at radius 3 is 1.79 bits per heavy atom. The van der Waals surface area contributed by atoms with E-state index >= 15 is 0 Å². The predicted octanol–water partition coefficient (Wildman–Crippen LogP) is 14.2. The first-order valence-electron chi connectivity index (χ1n) is 20.6. The fourth-order valence-electron chi connectivity index (χ4n) is 8.83. The first kappa shape index (κ1) is 34.7. The van der Waals surface area contributed by atoms with Gasteiger partial charge in [-0.05, 0) is 69.8 Å². The molecule has 12 aromatic rings. The van der Waals surface area contributed by atoms with E-state index in [-0.39, 0.29) is 0 Å². The highest BCUT2D eigenvalue weighted by atomic mass is 15.1. The highest BCUT2D eigenvalue weighted by Gasteiger charge is 2.21. The predicted molar refractivity (Wildman–Crippen MR) is 252 cm³/mol. The number of rotatable bonds is 6. The molecule has 0 amide bonds. The maximum absolute atomic E-state index is 5.45. The maximum Gasteiger partial charge on any atom is 0.160 e. The van der Waals surface area contributed by atoms with Crippen molar-refractivity contribution in [2.45, 2.75) is 0 Å². The van der Waals surface area contributed by atoms with E-state index in [0.717, 1.165) is 99.9 Å². The number of para-hydroxylation sites is 3. The second-order valence-electron chi connectivity index (χ2n) is 15.4. The molecule has 5 heteroatoms. The minimum atomic E-state index is 0.695. The Hall–Kier alpha value is -8.28. The Morgan fingerprint density at radius 1 is 0.328 bits per heavy atom. The molecule has 12 rings (SSSR count). The summed E-state index contributed by atoms with van der Waals surface area (Å²) in [6, 6.07) is 74.3. The van der Waals surface area contributed by atoms with Crippen molar-refractivity contribution in [1.29, 1.82) is 0 Å². The molecule has 5 nitrogen and oxygen atoms in total. The van der Waals surface area contributed by atoms with Crippen molar-refractivity contribution >= 4 is 54.4 Å². The van der Waals surface area contributed by atoms with Gasteiger partial charge in [-0.3, -0.25) is 4.57 Å². The van der Waals surface area contributed by atoms with E-state index in [0.29, 0.717) is 5.82 Å². The summed E-state index contributed by atoms with van der Waals surface area (Å²) in [5.74, 6) is 1.59. The van der Waals surface area contributed by atoms with Gasteiger partial charge in [-0.2, -0.15) is 0 Å². The second-order valence-corrected chi connectivity index (χ2v) is 15.4. The Kier molecular flexibility index (Phi) is 8.10. The molecule has 0 atom stereocenters. The third-order valence-electron chi connectivity index (χ3n) is 11.8. The summed E-state index contributed by atoms with van der Waals surface area (Å²) in [5.41, 5.74) is 13.0. The molecule has 3 heterocycles. The molecule has 0 aliphatic rings. The zero-order valence-electron chi connectivity index (χ0n) is 32.9. The van der Waals surface area contributed by atoms with Crippen molar-refractivity contribution in [3.05, 3.63) is 212 Å². The Morgan fingerprint density at radius 2 is 0.967 bits per heavy atom. The minimum Gasteiger partial charge on any atom is -0.292 e. The van der Waals surface area contributed by atoms with Gasteiger partial charge in [-0.1, -0.05) is 170 Å². The summed E-state index contributed by atoms with van der Waals surface area (Å²) in [6.07, 6.45) is 0. The standard InChI is InChI=1S/C56H35N5/c1-3-15-39(16-4-1)56-60-54-50(61(56)44-20-5-2-6-21-44)33-32-46-45-22-9-11-24-48(45)57-53(51(46)54)38-29-26-37(27-30-38)41-18-13-19-43(35-41)55-58-49-25-12-10-23-47(49)52(59-55)42-31-28-36-14-7-8-17-40(36)34-42/h1-35H. The summed E-state index contributed by atoms with van der Waals surface area (Å²) in [6.45, 7) is 0. The van der Waals surface area contributed by atoms with E-state index in [1.165, 1.54) is 10.8 Å². The molecule has 0 bridgehead atoms. The smallest absolute Gasteiger partial charge is 0.160 e. The molecule has 0 fully saturated rings. The molecule has 0 unspecified atom stereocenters. The third kappa shape index (κ3) is 5.94. The summed E-state index contributed by atoms with van der Waals surface area (Å²) < 4.78 is 2.27. The van der Waals surface area contributed by atoms with Crippen molar-refractivity contribution in [1.82, 2.24) is 24.5 Å². The van der Waals surface area contributed by atoms with Crippen LogP contribution in [0.25, 0.3) is 116 Å². The molecule has 0 spiro atoms. The number of hydrogen-bond donors (Lipinski definition) is 0. The third-order valence-corrected chi connectivity index (χ3v) is 11.8. The van der Waals surface area contributed by atoms with Crippen LogP contribution in [-0.2, 0) is 0 Å². The average Bonchev–Trinajstić information content (AvgIpc) is 3.74. The second kappa shape index (κ2) is 14.2. The van der Waals surface area contributed by atoms with Gasteiger partial charge >= 0.3 is 0 Å². The molecule has 0 saturated carbocycles. The molecule has 0 saturated heterocycles. The zero-order chi connectivity index (χ0) is 40.3. The van der Waals surface area contributed by atoms with E-state index in [1.54, 1.807) is 0 Å². The Bertz CT molecular complexity index is 3630. The van der Waals surface area contributed by atoms with E-state index in [2.05, 4.69) is 205 Å². The fraction of sp³-hybridized carbons (Fsp3) is 0. The number of fused-ring (bicyclic) bond motifs is 7.